The number of halogens is 1. The van der Waals surface area contributed by atoms with Gasteiger partial charge in [0.25, 0.3) is 0 Å². The van der Waals surface area contributed by atoms with E-state index >= 15 is 0 Å². The van der Waals surface area contributed by atoms with Crippen molar-refractivity contribution in [3.8, 4) is 0 Å². The van der Waals surface area contributed by atoms with E-state index in [9.17, 15) is 13.2 Å². The normalized spacial score (nSPS) is 12.4. The van der Waals surface area contributed by atoms with Crippen molar-refractivity contribution in [2.24, 2.45) is 0 Å². The van der Waals surface area contributed by atoms with Crippen molar-refractivity contribution in [3.05, 3.63) is 80.8 Å². The summed E-state index contributed by atoms with van der Waals surface area (Å²) in [4.78, 5) is 17.3. The summed E-state index contributed by atoms with van der Waals surface area (Å²) in [5.74, 6) is -0.148. The number of rotatable bonds is 9. The van der Waals surface area contributed by atoms with Crippen molar-refractivity contribution in [3.63, 3.8) is 0 Å². The highest BCUT2D eigenvalue weighted by Crippen LogP contribution is 2.24. The van der Waals surface area contributed by atoms with Gasteiger partial charge in [0, 0.05) is 10.4 Å². The van der Waals surface area contributed by atoms with E-state index in [0.717, 1.165) is 28.2 Å². The molecule has 0 aliphatic carbocycles. The molecule has 0 fully saturated rings. The lowest BCUT2D eigenvalue weighted by molar-refractivity contribution is -0.121. The number of nitrogens with zero attached hydrogens (tertiary/aromatic N) is 1. The maximum atomic E-state index is 12.7. The number of hydrogen-bond acceptors (Lipinski definition) is 5. The fourth-order valence-corrected chi connectivity index (χ4v) is 4.62. The summed E-state index contributed by atoms with van der Waals surface area (Å²) in [6.45, 7) is 2.02. The highest BCUT2D eigenvalue weighted by Gasteiger charge is 2.19. The van der Waals surface area contributed by atoms with Crippen molar-refractivity contribution in [1.82, 2.24) is 10.3 Å². The zero-order valence-electron chi connectivity index (χ0n) is 16.7. The van der Waals surface area contributed by atoms with Crippen LogP contribution in [0, 0.1) is 0 Å². The SMILES string of the molecule is CCc1csc([C@H](Cc2ccc(NS(=O)(=O)O)cc2)NC(=O)Cc2cccc(Cl)c2)n1. The minimum Gasteiger partial charge on any atom is -0.346 e. The Kier molecular flexibility index (Phi) is 7.66. The van der Waals surface area contributed by atoms with Crippen molar-refractivity contribution >= 4 is 44.8 Å². The number of thiazole rings is 1. The molecule has 0 unspecified atom stereocenters. The van der Waals surface area contributed by atoms with Crippen molar-refractivity contribution < 1.29 is 17.8 Å². The molecule has 1 amide bonds. The van der Waals surface area contributed by atoms with Gasteiger partial charge < -0.3 is 5.32 Å². The van der Waals surface area contributed by atoms with Crippen LogP contribution < -0.4 is 10.0 Å². The minimum atomic E-state index is -4.33. The average Bonchev–Trinajstić information content (AvgIpc) is 3.17. The van der Waals surface area contributed by atoms with Crippen LogP contribution in [0.25, 0.3) is 0 Å². The van der Waals surface area contributed by atoms with Crippen LogP contribution >= 0.6 is 22.9 Å². The van der Waals surface area contributed by atoms with Gasteiger partial charge in [-0.05, 0) is 48.2 Å². The number of aromatic nitrogens is 1. The molecule has 3 rings (SSSR count). The van der Waals surface area contributed by atoms with Gasteiger partial charge in [0.2, 0.25) is 5.91 Å². The largest absolute Gasteiger partial charge is 0.357 e. The monoisotopic (exact) mass is 479 g/mol. The first kappa shape index (κ1) is 23.2. The zero-order valence-corrected chi connectivity index (χ0v) is 19.1. The number of anilines is 1. The summed E-state index contributed by atoms with van der Waals surface area (Å²) >= 11 is 7.50. The average molecular weight is 480 g/mol. The molecule has 0 bridgehead atoms. The number of carbonyl (C=O) groups excluding carboxylic acids is 1. The number of aryl methyl sites for hydroxylation is 1. The Labute approximate surface area is 190 Å². The Balaban J connectivity index is 1.75. The third kappa shape index (κ3) is 7.32. The summed E-state index contributed by atoms with van der Waals surface area (Å²) in [5.41, 5.74) is 2.90. The molecular weight excluding hydrogens is 458 g/mol. The smallest absolute Gasteiger partial charge is 0.346 e. The Morgan fingerprint density at radius 1 is 1.19 bits per heavy atom. The molecule has 0 spiro atoms. The number of carbonyl (C=O) groups is 1. The van der Waals surface area contributed by atoms with Crippen LogP contribution in [0.3, 0.4) is 0 Å². The minimum absolute atomic E-state index is 0.148. The molecule has 10 heteroatoms. The Morgan fingerprint density at radius 2 is 1.94 bits per heavy atom. The van der Waals surface area contributed by atoms with Gasteiger partial charge in [-0.15, -0.1) is 11.3 Å². The summed E-state index contributed by atoms with van der Waals surface area (Å²) in [6, 6.07) is 13.4. The predicted octanol–water partition coefficient (Wildman–Crippen LogP) is 4.22. The molecule has 0 aliphatic rings. The lowest BCUT2D eigenvalue weighted by atomic mass is 10.0. The molecule has 3 aromatic rings. The first-order valence-electron chi connectivity index (χ1n) is 9.54. The number of hydrogen-bond donors (Lipinski definition) is 3. The van der Waals surface area contributed by atoms with Gasteiger partial charge in [0.1, 0.15) is 5.01 Å². The Bertz CT molecular complexity index is 1150. The van der Waals surface area contributed by atoms with E-state index in [-0.39, 0.29) is 24.1 Å². The van der Waals surface area contributed by atoms with E-state index in [1.54, 1.807) is 42.5 Å². The number of amides is 1. The Hall–Kier alpha value is -2.46. The molecule has 0 aliphatic heterocycles. The lowest BCUT2D eigenvalue weighted by Crippen LogP contribution is -2.31. The molecule has 0 saturated heterocycles. The molecule has 0 radical (unpaired) electrons. The van der Waals surface area contributed by atoms with E-state index in [1.165, 1.54) is 11.3 Å². The second-order valence-electron chi connectivity index (χ2n) is 6.94. The first-order valence-corrected chi connectivity index (χ1v) is 12.2. The molecule has 7 nitrogen and oxygen atoms in total. The summed E-state index contributed by atoms with van der Waals surface area (Å²) in [5, 5.41) is 6.41. The maximum absolute atomic E-state index is 12.7. The highest BCUT2D eigenvalue weighted by atomic mass is 35.5. The van der Waals surface area contributed by atoms with Crippen LogP contribution in [0.2, 0.25) is 5.02 Å². The van der Waals surface area contributed by atoms with Crippen LogP contribution in [-0.4, -0.2) is 23.9 Å². The van der Waals surface area contributed by atoms with Crippen molar-refractivity contribution in [2.45, 2.75) is 32.2 Å². The summed E-state index contributed by atoms with van der Waals surface area (Å²) < 4.78 is 32.8. The molecule has 1 atom stereocenters. The van der Waals surface area contributed by atoms with Gasteiger partial charge in [-0.25, -0.2) is 4.98 Å². The van der Waals surface area contributed by atoms with Crippen molar-refractivity contribution in [2.75, 3.05) is 4.72 Å². The van der Waals surface area contributed by atoms with Gasteiger partial charge in [0.15, 0.2) is 0 Å². The van der Waals surface area contributed by atoms with E-state index < -0.39 is 10.3 Å². The molecule has 1 heterocycles. The third-order valence-corrected chi connectivity index (χ3v) is 6.20. The van der Waals surface area contributed by atoms with Gasteiger partial charge in [-0.1, -0.05) is 42.8 Å². The Morgan fingerprint density at radius 3 is 2.55 bits per heavy atom. The van der Waals surface area contributed by atoms with E-state index in [1.807, 2.05) is 23.1 Å². The van der Waals surface area contributed by atoms with E-state index in [0.29, 0.717) is 11.4 Å². The van der Waals surface area contributed by atoms with Crippen LogP contribution in [-0.2, 0) is 34.4 Å². The molecule has 164 valence electrons. The van der Waals surface area contributed by atoms with Crippen LogP contribution in [0.1, 0.15) is 34.8 Å². The molecule has 2 aromatic carbocycles. The molecular formula is C21H22ClN3O4S2. The first-order chi connectivity index (χ1) is 14.7. The summed E-state index contributed by atoms with van der Waals surface area (Å²) in [6.07, 6.45) is 1.47. The number of benzene rings is 2. The highest BCUT2D eigenvalue weighted by molar-refractivity contribution is 7.87. The second-order valence-corrected chi connectivity index (χ2v) is 9.42. The second kappa shape index (κ2) is 10.2. The molecule has 0 saturated carbocycles. The van der Waals surface area contributed by atoms with Crippen LogP contribution in [0.5, 0.6) is 0 Å². The van der Waals surface area contributed by atoms with E-state index in [2.05, 4.69) is 10.3 Å². The fourth-order valence-electron chi connectivity index (χ4n) is 3.02. The van der Waals surface area contributed by atoms with Gasteiger partial charge in [0.05, 0.1) is 23.8 Å². The predicted molar refractivity (Wildman–Crippen MR) is 123 cm³/mol. The zero-order chi connectivity index (χ0) is 22.4. The van der Waals surface area contributed by atoms with Crippen LogP contribution in [0.15, 0.2) is 53.9 Å². The van der Waals surface area contributed by atoms with Crippen molar-refractivity contribution in [1.29, 1.82) is 0 Å². The number of nitrogens with one attached hydrogen (secondary N) is 2. The standard InChI is InChI=1S/C21H22ClN3O4S2/c1-2-17-13-30-21(23-17)19(24-20(26)12-15-4-3-5-16(22)10-15)11-14-6-8-18(9-7-14)25-31(27,28)29/h3-10,13,19,25H,2,11-12H2,1H3,(H,24,26)(H,27,28,29)/t19-/m0/s1. The van der Waals surface area contributed by atoms with Gasteiger partial charge in [-0.2, -0.15) is 8.42 Å². The lowest BCUT2D eigenvalue weighted by Gasteiger charge is -2.17. The molecule has 31 heavy (non-hydrogen) atoms. The van der Waals surface area contributed by atoms with Gasteiger partial charge >= 0.3 is 10.3 Å². The molecule has 1 aromatic heterocycles. The summed E-state index contributed by atoms with van der Waals surface area (Å²) in [7, 11) is -4.33. The fraction of sp³-hybridized carbons (Fsp3) is 0.238. The quantitative estimate of drug-likeness (QED) is 0.398. The van der Waals surface area contributed by atoms with Gasteiger partial charge in [-0.3, -0.25) is 14.1 Å². The van der Waals surface area contributed by atoms with E-state index in [4.69, 9.17) is 16.2 Å². The topological polar surface area (TPSA) is 108 Å². The maximum Gasteiger partial charge on any atom is 0.357 e. The third-order valence-electron chi connectivity index (χ3n) is 4.46. The van der Waals surface area contributed by atoms with Crippen LogP contribution in [0.4, 0.5) is 5.69 Å². The molecule has 3 N–H and O–H groups in total.